The molecule has 1 fully saturated rings. The van der Waals surface area contributed by atoms with E-state index in [2.05, 4.69) is 60.1 Å². The van der Waals surface area contributed by atoms with Crippen LogP contribution in [0, 0.1) is 5.92 Å². The molecule has 1 aromatic heterocycles. The Morgan fingerprint density at radius 3 is 2.80 bits per heavy atom. The third-order valence-electron chi connectivity index (χ3n) is 4.80. The van der Waals surface area contributed by atoms with E-state index in [1.165, 1.54) is 25.9 Å². The molecule has 2 N–H and O–H groups in total. The molecule has 0 saturated carbocycles. The average Bonchev–Trinajstić information content (AvgIpc) is 3.04. The van der Waals surface area contributed by atoms with Crippen LogP contribution in [0.4, 0.5) is 0 Å². The Hall–Kier alpha value is -1.56. The molecular weight excluding hydrogens is 314 g/mol. The van der Waals surface area contributed by atoms with Gasteiger partial charge in [-0.05, 0) is 32.2 Å². The lowest BCUT2D eigenvalue weighted by molar-refractivity contribution is 0.139. The smallest absolute Gasteiger partial charge is 0.213 e. The van der Waals surface area contributed by atoms with Crippen molar-refractivity contribution in [3.05, 3.63) is 17.8 Å². The molecule has 0 spiro atoms. The van der Waals surface area contributed by atoms with Crippen molar-refractivity contribution in [3.63, 3.8) is 0 Å². The number of nitrogens with one attached hydrogen (secondary N) is 2. The molecule has 1 aliphatic heterocycles. The molecule has 1 saturated heterocycles. The van der Waals surface area contributed by atoms with Gasteiger partial charge in [-0.3, -0.25) is 9.89 Å². The Bertz CT molecular complexity index is 560. The molecule has 0 bridgehead atoms. The van der Waals surface area contributed by atoms with Crippen LogP contribution in [0.3, 0.4) is 0 Å². The first kappa shape index (κ1) is 19.8. The number of piperidine rings is 1. The van der Waals surface area contributed by atoms with E-state index < -0.39 is 0 Å². The summed E-state index contributed by atoms with van der Waals surface area (Å²) >= 11 is 0. The second-order valence-electron chi connectivity index (χ2n) is 8.27. The molecule has 2 heterocycles. The van der Waals surface area contributed by atoms with Crippen LogP contribution in [0.5, 0.6) is 0 Å². The van der Waals surface area contributed by atoms with Crippen molar-refractivity contribution in [2.45, 2.75) is 65.5 Å². The maximum Gasteiger partial charge on any atom is 0.213 e. The highest BCUT2D eigenvalue weighted by molar-refractivity contribution is 5.79. The topological polar surface area (TPSA) is 65.7 Å². The minimum Gasteiger partial charge on any atom is -0.443 e. The van der Waals surface area contributed by atoms with Crippen molar-refractivity contribution in [1.29, 1.82) is 0 Å². The molecule has 2 atom stereocenters. The fraction of sp³-hybridized carbons (Fsp3) is 0.789. The van der Waals surface area contributed by atoms with Gasteiger partial charge in [-0.25, -0.2) is 4.98 Å². The van der Waals surface area contributed by atoms with Crippen LogP contribution in [0.25, 0.3) is 0 Å². The summed E-state index contributed by atoms with van der Waals surface area (Å²) in [5.74, 6) is 3.17. The first-order chi connectivity index (χ1) is 11.8. The predicted molar refractivity (Wildman–Crippen MR) is 103 cm³/mol. The standard InChI is InChI=1S/C19H35N5O/c1-14-8-7-9-24(13-14)15(2)10-22-18(20-6)23-12-17-21-11-16(25-17)19(3,4)5/h11,14-15H,7-10,12-13H2,1-6H3,(H2,20,22,23). The predicted octanol–water partition coefficient (Wildman–Crippen LogP) is 2.76. The van der Waals surface area contributed by atoms with Gasteiger partial charge in [0.1, 0.15) is 5.76 Å². The highest BCUT2D eigenvalue weighted by Gasteiger charge is 2.21. The minimum atomic E-state index is -0.0216. The SMILES string of the molecule is CN=C(NCc1ncc(C(C)(C)C)o1)NCC(C)N1CCCC(C)C1. The Balaban J connectivity index is 1.78. The van der Waals surface area contributed by atoms with Gasteiger partial charge in [0.15, 0.2) is 5.96 Å². The molecule has 0 amide bonds. The Morgan fingerprint density at radius 1 is 1.44 bits per heavy atom. The quantitative estimate of drug-likeness (QED) is 0.632. The normalized spacial score (nSPS) is 21.2. The zero-order valence-electron chi connectivity index (χ0n) is 16.7. The fourth-order valence-electron chi connectivity index (χ4n) is 3.12. The Labute approximate surface area is 152 Å². The van der Waals surface area contributed by atoms with Gasteiger partial charge in [0.2, 0.25) is 5.89 Å². The lowest BCUT2D eigenvalue weighted by atomic mass is 9.94. The molecule has 1 aromatic rings. The summed E-state index contributed by atoms with van der Waals surface area (Å²) < 4.78 is 5.81. The van der Waals surface area contributed by atoms with Gasteiger partial charge in [0, 0.05) is 31.6 Å². The van der Waals surface area contributed by atoms with Crippen molar-refractivity contribution in [1.82, 2.24) is 20.5 Å². The average molecular weight is 350 g/mol. The minimum absolute atomic E-state index is 0.0216. The molecule has 2 rings (SSSR count). The van der Waals surface area contributed by atoms with Gasteiger partial charge < -0.3 is 15.1 Å². The van der Waals surface area contributed by atoms with E-state index in [-0.39, 0.29) is 5.41 Å². The van der Waals surface area contributed by atoms with E-state index >= 15 is 0 Å². The Morgan fingerprint density at radius 2 is 2.20 bits per heavy atom. The number of aromatic nitrogens is 1. The molecule has 6 nitrogen and oxygen atoms in total. The maximum atomic E-state index is 5.81. The molecule has 2 unspecified atom stereocenters. The molecule has 0 aromatic carbocycles. The number of oxazole rings is 1. The second kappa shape index (κ2) is 8.70. The number of hydrogen-bond acceptors (Lipinski definition) is 4. The van der Waals surface area contributed by atoms with Crippen LogP contribution >= 0.6 is 0 Å². The van der Waals surface area contributed by atoms with Crippen molar-refractivity contribution < 1.29 is 4.42 Å². The van der Waals surface area contributed by atoms with Gasteiger partial charge >= 0.3 is 0 Å². The van der Waals surface area contributed by atoms with Gasteiger partial charge in [-0.2, -0.15) is 0 Å². The molecule has 25 heavy (non-hydrogen) atoms. The maximum absolute atomic E-state index is 5.81. The van der Waals surface area contributed by atoms with Gasteiger partial charge in [0.05, 0.1) is 12.7 Å². The summed E-state index contributed by atoms with van der Waals surface area (Å²) in [5.41, 5.74) is -0.0216. The zero-order valence-corrected chi connectivity index (χ0v) is 16.7. The van der Waals surface area contributed by atoms with E-state index in [1.807, 2.05) is 6.20 Å². The summed E-state index contributed by atoms with van der Waals surface area (Å²) in [6.45, 7) is 14.8. The van der Waals surface area contributed by atoms with Crippen LogP contribution < -0.4 is 10.6 Å². The molecule has 0 radical (unpaired) electrons. The van der Waals surface area contributed by atoms with E-state index in [4.69, 9.17) is 4.42 Å². The van der Waals surface area contributed by atoms with E-state index in [0.29, 0.717) is 18.5 Å². The van der Waals surface area contributed by atoms with E-state index in [0.717, 1.165) is 24.2 Å². The summed E-state index contributed by atoms with van der Waals surface area (Å²) in [6, 6.07) is 0.496. The number of rotatable bonds is 5. The first-order valence-corrected chi connectivity index (χ1v) is 9.43. The number of aliphatic imine (C=N–C) groups is 1. The lowest BCUT2D eigenvalue weighted by Gasteiger charge is -2.35. The van der Waals surface area contributed by atoms with Crippen LogP contribution in [-0.4, -0.2) is 48.6 Å². The zero-order chi connectivity index (χ0) is 18.4. The number of hydrogen-bond donors (Lipinski definition) is 2. The fourth-order valence-corrected chi connectivity index (χ4v) is 3.12. The van der Waals surface area contributed by atoms with Crippen molar-refractivity contribution in [2.75, 3.05) is 26.7 Å². The second-order valence-corrected chi connectivity index (χ2v) is 8.27. The largest absolute Gasteiger partial charge is 0.443 e. The molecule has 1 aliphatic rings. The van der Waals surface area contributed by atoms with E-state index in [9.17, 15) is 0 Å². The summed E-state index contributed by atoms with van der Waals surface area (Å²) in [7, 11) is 1.79. The van der Waals surface area contributed by atoms with Crippen molar-refractivity contribution in [3.8, 4) is 0 Å². The Kier molecular flexibility index (Phi) is 6.87. The molecule has 142 valence electrons. The highest BCUT2D eigenvalue weighted by atomic mass is 16.4. The monoisotopic (exact) mass is 349 g/mol. The highest BCUT2D eigenvalue weighted by Crippen LogP contribution is 2.22. The van der Waals surface area contributed by atoms with Crippen LogP contribution in [0.15, 0.2) is 15.6 Å². The van der Waals surface area contributed by atoms with Gasteiger partial charge in [0.25, 0.3) is 0 Å². The van der Waals surface area contributed by atoms with Crippen molar-refractivity contribution in [2.24, 2.45) is 10.9 Å². The van der Waals surface area contributed by atoms with Crippen LogP contribution in [-0.2, 0) is 12.0 Å². The summed E-state index contributed by atoms with van der Waals surface area (Å²) in [4.78, 5) is 11.2. The molecule has 0 aliphatic carbocycles. The van der Waals surface area contributed by atoms with E-state index in [1.54, 1.807) is 7.05 Å². The van der Waals surface area contributed by atoms with Crippen molar-refractivity contribution >= 4 is 5.96 Å². The number of nitrogens with zero attached hydrogens (tertiary/aromatic N) is 3. The third kappa shape index (κ3) is 6.03. The third-order valence-corrected chi connectivity index (χ3v) is 4.80. The first-order valence-electron chi connectivity index (χ1n) is 9.43. The van der Waals surface area contributed by atoms with Gasteiger partial charge in [-0.15, -0.1) is 0 Å². The van der Waals surface area contributed by atoms with Crippen LogP contribution in [0.2, 0.25) is 0 Å². The number of guanidine groups is 1. The van der Waals surface area contributed by atoms with Crippen LogP contribution in [0.1, 0.15) is 59.1 Å². The molecular formula is C19H35N5O. The van der Waals surface area contributed by atoms with Gasteiger partial charge in [-0.1, -0.05) is 27.7 Å². The lowest BCUT2D eigenvalue weighted by Crippen LogP contribution is -2.48. The number of likely N-dealkylation sites (tertiary alicyclic amines) is 1. The summed E-state index contributed by atoms with van der Waals surface area (Å²) in [6.07, 6.45) is 4.47. The molecule has 6 heteroatoms. The summed E-state index contributed by atoms with van der Waals surface area (Å²) in [5, 5.41) is 6.70.